The van der Waals surface area contributed by atoms with Gasteiger partial charge in [0.25, 0.3) is 5.56 Å². The number of carbonyl (C=O) groups excluding carboxylic acids is 1. The summed E-state index contributed by atoms with van der Waals surface area (Å²) in [4.78, 5) is 30.6. The zero-order valence-electron chi connectivity index (χ0n) is 12.1. The number of nitrogen functional groups attached to an aromatic ring is 1. The smallest absolute Gasteiger partial charge is 0.258 e. The van der Waals surface area contributed by atoms with Crippen molar-refractivity contribution in [2.45, 2.75) is 19.3 Å². The Balaban J connectivity index is 2.11. The lowest BCUT2D eigenvalue weighted by atomic mass is 9.87. The van der Waals surface area contributed by atoms with Gasteiger partial charge in [-0.05, 0) is 24.6 Å². The molecule has 0 fully saturated rings. The summed E-state index contributed by atoms with van der Waals surface area (Å²) in [6.45, 7) is 2.44. The predicted octanol–water partition coefficient (Wildman–Crippen LogP) is 1.22. The molecule has 0 spiro atoms. The predicted molar refractivity (Wildman–Crippen MR) is 82.0 cm³/mol. The van der Waals surface area contributed by atoms with Gasteiger partial charge < -0.3 is 15.8 Å². The maximum atomic E-state index is 12.2. The van der Waals surface area contributed by atoms with Crippen LogP contribution in [0.4, 0.5) is 11.8 Å². The largest absolute Gasteiger partial charge is 0.494 e. The van der Waals surface area contributed by atoms with E-state index in [1.54, 1.807) is 0 Å². The summed E-state index contributed by atoms with van der Waals surface area (Å²) in [7, 11) is 0. The van der Waals surface area contributed by atoms with Crippen molar-refractivity contribution < 1.29 is 9.53 Å². The van der Waals surface area contributed by atoms with Gasteiger partial charge in [-0.1, -0.05) is 12.1 Å². The van der Waals surface area contributed by atoms with Crippen LogP contribution in [0.25, 0.3) is 0 Å². The second-order valence-electron chi connectivity index (χ2n) is 5.02. The number of hydrogen-bond acceptors (Lipinski definition) is 5. The number of rotatable bonds is 3. The van der Waals surface area contributed by atoms with Crippen molar-refractivity contribution in [3.05, 3.63) is 45.7 Å². The van der Waals surface area contributed by atoms with E-state index in [2.05, 4.69) is 15.3 Å². The fourth-order valence-corrected chi connectivity index (χ4v) is 2.66. The molecule has 2 heterocycles. The standard InChI is InChI=1S/C15H16N4O3/c1-2-22-9-5-3-4-8(6-9)10-7-11(20)17-13-12(10)14(21)19-15(16)18-13/h3-6,10H,2,7H2,1H3,(H4,16,17,18,19,20,21). The maximum absolute atomic E-state index is 12.2. The summed E-state index contributed by atoms with van der Waals surface area (Å²) in [6.07, 6.45) is 0.178. The molecule has 7 nitrogen and oxygen atoms in total. The third kappa shape index (κ3) is 2.52. The molecule has 0 aliphatic carbocycles. The Morgan fingerprint density at radius 1 is 1.41 bits per heavy atom. The molecule has 1 amide bonds. The first kappa shape index (κ1) is 14.1. The van der Waals surface area contributed by atoms with E-state index in [0.29, 0.717) is 17.9 Å². The summed E-state index contributed by atoms with van der Waals surface area (Å²) in [5.74, 6) is 0.335. The van der Waals surface area contributed by atoms with Crippen molar-refractivity contribution in [1.82, 2.24) is 9.97 Å². The molecule has 1 aliphatic rings. The van der Waals surface area contributed by atoms with Gasteiger partial charge in [0.15, 0.2) is 0 Å². The van der Waals surface area contributed by atoms with E-state index >= 15 is 0 Å². The molecule has 1 unspecified atom stereocenters. The van der Waals surface area contributed by atoms with Crippen molar-refractivity contribution in [3.8, 4) is 5.75 Å². The minimum absolute atomic E-state index is 0.0206. The first-order valence-corrected chi connectivity index (χ1v) is 7.00. The molecule has 1 aromatic carbocycles. The third-order valence-electron chi connectivity index (χ3n) is 3.54. The highest BCUT2D eigenvalue weighted by molar-refractivity contribution is 5.94. The van der Waals surface area contributed by atoms with Crippen LogP contribution in [-0.2, 0) is 4.79 Å². The van der Waals surface area contributed by atoms with Crippen LogP contribution in [0.3, 0.4) is 0 Å². The average Bonchev–Trinajstić information content (AvgIpc) is 2.46. The molecule has 3 rings (SSSR count). The number of benzene rings is 1. The Bertz CT molecular complexity index is 785. The number of nitrogens with zero attached hydrogens (tertiary/aromatic N) is 1. The number of nitrogens with two attached hydrogens (primary N) is 1. The molecular formula is C15H16N4O3. The number of fused-ring (bicyclic) bond motifs is 1. The van der Waals surface area contributed by atoms with Crippen molar-refractivity contribution in [3.63, 3.8) is 0 Å². The van der Waals surface area contributed by atoms with E-state index in [4.69, 9.17) is 10.5 Å². The molecule has 4 N–H and O–H groups in total. The average molecular weight is 300 g/mol. The van der Waals surface area contributed by atoms with Crippen LogP contribution in [0.2, 0.25) is 0 Å². The molecular weight excluding hydrogens is 284 g/mol. The van der Waals surface area contributed by atoms with Crippen LogP contribution in [-0.4, -0.2) is 22.5 Å². The number of nitrogens with one attached hydrogen (secondary N) is 2. The van der Waals surface area contributed by atoms with E-state index < -0.39 is 0 Å². The minimum Gasteiger partial charge on any atom is -0.494 e. The van der Waals surface area contributed by atoms with Gasteiger partial charge in [0, 0.05) is 12.3 Å². The Morgan fingerprint density at radius 3 is 3.00 bits per heavy atom. The van der Waals surface area contributed by atoms with Crippen molar-refractivity contribution in [2.24, 2.45) is 0 Å². The quantitative estimate of drug-likeness (QED) is 0.789. The van der Waals surface area contributed by atoms with E-state index in [1.165, 1.54) is 0 Å². The second kappa shape index (κ2) is 5.51. The maximum Gasteiger partial charge on any atom is 0.258 e. The highest BCUT2D eigenvalue weighted by Gasteiger charge is 2.30. The summed E-state index contributed by atoms with van der Waals surface area (Å²) in [5, 5.41) is 2.60. The molecule has 0 radical (unpaired) electrons. The second-order valence-corrected chi connectivity index (χ2v) is 5.02. The van der Waals surface area contributed by atoms with Crippen molar-refractivity contribution >= 4 is 17.7 Å². The number of anilines is 2. The molecule has 0 saturated heterocycles. The number of hydrogen-bond donors (Lipinski definition) is 3. The summed E-state index contributed by atoms with van der Waals surface area (Å²) >= 11 is 0. The number of H-pyrrole nitrogens is 1. The van der Waals surface area contributed by atoms with E-state index in [0.717, 1.165) is 5.56 Å². The summed E-state index contributed by atoms with van der Waals surface area (Å²) in [5.41, 5.74) is 6.45. The molecule has 0 bridgehead atoms. The fraction of sp³-hybridized carbons (Fsp3) is 0.267. The van der Waals surface area contributed by atoms with E-state index in [-0.39, 0.29) is 35.6 Å². The first-order valence-electron chi connectivity index (χ1n) is 7.00. The van der Waals surface area contributed by atoms with Crippen LogP contribution < -0.4 is 21.3 Å². The van der Waals surface area contributed by atoms with E-state index in [1.807, 2.05) is 31.2 Å². The van der Waals surface area contributed by atoms with Crippen LogP contribution in [0.15, 0.2) is 29.1 Å². The van der Waals surface area contributed by atoms with Crippen molar-refractivity contribution in [1.29, 1.82) is 0 Å². The number of aromatic amines is 1. The Morgan fingerprint density at radius 2 is 2.23 bits per heavy atom. The van der Waals surface area contributed by atoms with E-state index in [9.17, 15) is 9.59 Å². The Labute approximate surface area is 126 Å². The topological polar surface area (TPSA) is 110 Å². The van der Waals surface area contributed by atoms with Gasteiger partial charge in [-0.3, -0.25) is 14.6 Å². The molecule has 1 atom stereocenters. The number of ether oxygens (including phenoxy) is 1. The molecule has 2 aromatic rings. The highest BCUT2D eigenvalue weighted by Crippen LogP contribution is 2.35. The monoisotopic (exact) mass is 300 g/mol. The van der Waals surface area contributed by atoms with Gasteiger partial charge in [-0.15, -0.1) is 0 Å². The van der Waals surface area contributed by atoms with Crippen LogP contribution in [0, 0.1) is 0 Å². The lowest BCUT2D eigenvalue weighted by Crippen LogP contribution is -2.31. The number of carbonyl (C=O) groups is 1. The molecule has 0 saturated carbocycles. The fourth-order valence-electron chi connectivity index (χ4n) is 2.66. The van der Waals surface area contributed by atoms with Crippen LogP contribution >= 0.6 is 0 Å². The number of amides is 1. The number of aromatic nitrogens is 2. The van der Waals surface area contributed by atoms with Gasteiger partial charge in [0.1, 0.15) is 11.6 Å². The van der Waals surface area contributed by atoms with Crippen LogP contribution in [0.5, 0.6) is 5.75 Å². The third-order valence-corrected chi connectivity index (χ3v) is 3.54. The minimum atomic E-state index is -0.374. The molecule has 7 heteroatoms. The first-order chi connectivity index (χ1) is 10.6. The van der Waals surface area contributed by atoms with Gasteiger partial charge in [-0.2, -0.15) is 4.98 Å². The van der Waals surface area contributed by atoms with Gasteiger partial charge in [-0.25, -0.2) is 0 Å². The molecule has 114 valence electrons. The summed E-state index contributed by atoms with van der Waals surface area (Å²) < 4.78 is 5.48. The molecule has 1 aromatic heterocycles. The zero-order valence-corrected chi connectivity index (χ0v) is 12.1. The van der Waals surface area contributed by atoms with Gasteiger partial charge >= 0.3 is 0 Å². The highest BCUT2D eigenvalue weighted by atomic mass is 16.5. The molecule has 22 heavy (non-hydrogen) atoms. The van der Waals surface area contributed by atoms with Gasteiger partial charge in [0.2, 0.25) is 11.9 Å². The SMILES string of the molecule is CCOc1cccc(C2CC(=O)Nc3nc(N)[nH]c(=O)c32)c1. The summed E-state index contributed by atoms with van der Waals surface area (Å²) in [6, 6.07) is 7.38. The molecule has 1 aliphatic heterocycles. The van der Waals surface area contributed by atoms with Gasteiger partial charge in [0.05, 0.1) is 12.2 Å². The normalized spacial score (nSPS) is 16.8. The lowest BCUT2D eigenvalue weighted by molar-refractivity contribution is -0.116. The zero-order chi connectivity index (χ0) is 15.7. The van der Waals surface area contributed by atoms with Crippen LogP contribution in [0.1, 0.15) is 30.4 Å². The lowest BCUT2D eigenvalue weighted by Gasteiger charge is -2.24. The Hall–Kier alpha value is -2.83. The Kier molecular flexibility index (Phi) is 3.54. The van der Waals surface area contributed by atoms with Crippen molar-refractivity contribution in [2.75, 3.05) is 17.7 Å².